The molecule has 0 bridgehead atoms. The highest BCUT2D eigenvalue weighted by atomic mass is 19.4. The van der Waals surface area contributed by atoms with Gasteiger partial charge in [-0.25, -0.2) is 4.79 Å². The Morgan fingerprint density at radius 2 is 1.71 bits per heavy atom. The van der Waals surface area contributed by atoms with Gasteiger partial charge in [-0.2, -0.15) is 0 Å². The number of halogens is 3. The fourth-order valence-corrected chi connectivity index (χ4v) is 2.45. The van der Waals surface area contributed by atoms with Gasteiger partial charge in [0.1, 0.15) is 5.75 Å². The summed E-state index contributed by atoms with van der Waals surface area (Å²) >= 11 is 0. The van der Waals surface area contributed by atoms with Crippen LogP contribution in [0.15, 0.2) is 48.5 Å². The summed E-state index contributed by atoms with van der Waals surface area (Å²) in [6, 6.07) is 11.6. The third-order valence-electron chi connectivity index (χ3n) is 4.04. The van der Waals surface area contributed by atoms with Crippen molar-refractivity contribution < 1.29 is 32.2 Å². The summed E-state index contributed by atoms with van der Waals surface area (Å²) < 4.78 is 45.0. The van der Waals surface area contributed by atoms with Crippen LogP contribution in [0, 0.1) is 0 Å². The summed E-state index contributed by atoms with van der Waals surface area (Å²) in [6.45, 7) is 3.56. The zero-order valence-corrected chi connectivity index (χ0v) is 15.4. The first-order chi connectivity index (χ1) is 13.2. The van der Waals surface area contributed by atoms with Crippen molar-refractivity contribution >= 4 is 17.6 Å². The molecule has 1 N–H and O–H groups in total. The number of esters is 1. The number of amides is 1. The molecule has 1 atom stereocenters. The Morgan fingerprint density at radius 1 is 1.07 bits per heavy atom. The molecule has 0 aliphatic carbocycles. The fourth-order valence-electron chi connectivity index (χ4n) is 2.45. The molecule has 8 heteroatoms. The largest absolute Gasteiger partial charge is 0.573 e. The van der Waals surface area contributed by atoms with Gasteiger partial charge >= 0.3 is 12.3 Å². The van der Waals surface area contributed by atoms with Gasteiger partial charge in [-0.05, 0) is 48.2 Å². The van der Waals surface area contributed by atoms with Crippen LogP contribution in [-0.4, -0.2) is 24.8 Å². The second-order valence-corrected chi connectivity index (χ2v) is 6.09. The molecule has 0 aliphatic heterocycles. The second kappa shape index (κ2) is 9.25. The summed E-state index contributed by atoms with van der Waals surface area (Å²) in [6.07, 6.45) is -3.92. The van der Waals surface area contributed by atoms with Crippen molar-refractivity contribution in [1.29, 1.82) is 0 Å². The molecular formula is C20H20F3NO4. The predicted octanol–water partition coefficient (Wildman–Crippen LogP) is 4.89. The fraction of sp³-hybridized carbons (Fsp3) is 0.300. The first-order valence-electron chi connectivity index (χ1n) is 8.61. The highest BCUT2D eigenvalue weighted by Gasteiger charge is 2.31. The third kappa shape index (κ3) is 6.29. The molecule has 0 unspecified atom stereocenters. The van der Waals surface area contributed by atoms with Crippen molar-refractivity contribution in [2.24, 2.45) is 0 Å². The van der Waals surface area contributed by atoms with Crippen LogP contribution in [0.2, 0.25) is 0 Å². The van der Waals surface area contributed by atoms with Crippen molar-refractivity contribution in [3.8, 4) is 5.75 Å². The number of ether oxygens (including phenoxy) is 2. The van der Waals surface area contributed by atoms with E-state index < -0.39 is 30.6 Å². The van der Waals surface area contributed by atoms with Gasteiger partial charge in [0.15, 0.2) is 6.61 Å². The Labute approximate surface area is 160 Å². The average molecular weight is 395 g/mol. The molecule has 0 aliphatic rings. The van der Waals surface area contributed by atoms with Gasteiger partial charge < -0.3 is 14.8 Å². The molecule has 150 valence electrons. The maximum atomic E-state index is 12.1. The van der Waals surface area contributed by atoms with Crippen LogP contribution in [0.5, 0.6) is 5.75 Å². The Morgan fingerprint density at radius 3 is 2.32 bits per heavy atom. The predicted molar refractivity (Wildman–Crippen MR) is 97.2 cm³/mol. The monoisotopic (exact) mass is 395 g/mol. The molecule has 2 aromatic carbocycles. The lowest BCUT2D eigenvalue weighted by atomic mass is 9.97. The standard InChI is InChI=1S/C20H20F3NO4/c1-3-13(2)16-6-4-5-7-17(16)24-18(25)12-27-19(26)14-8-10-15(11-9-14)28-20(21,22)23/h4-11,13H,3,12H2,1-2H3,(H,24,25)/t13-/m1/s1. The molecule has 1 amide bonds. The number of para-hydroxylation sites is 1. The lowest BCUT2D eigenvalue weighted by Crippen LogP contribution is -2.22. The molecule has 0 saturated carbocycles. The van der Waals surface area contributed by atoms with E-state index in [0.29, 0.717) is 5.69 Å². The van der Waals surface area contributed by atoms with E-state index >= 15 is 0 Å². The van der Waals surface area contributed by atoms with Gasteiger partial charge in [0.05, 0.1) is 5.56 Å². The quantitative estimate of drug-likeness (QED) is 0.678. The molecule has 0 spiro atoms. The van der Waals surface area contributed by atoms with E-state index in [1.165, 1.54) is 0 Å². The lowest BCUT2D eigenvalue weighted by Gasteiger charge is -2.15. The van der Waals surface area contributed by atoms with Crippen molar-refractivity contribution in [2.75, 3.05) is 11.9 Å². The van der Waals surface area contributed by atoms with Crippen LogP contribution in [0.25, 0.3) is 0 Å². The highest BCUT2D eigenvalue weighted by Crippen LogP contribution is 2.26. The van der Waals surface area contributed by atoms with Crippen LogP contribution in [0.3, 0.4) is 0 Å². The maximum Gasteiger partial charge on any atom is 0.573 e. The number of alkyl halides is 3. The molecule has 2 rings (SSSR count). The smallest absolute Gasteiger partial charge is 0.452 e. The van der Waals surface area contributed by atoms with E-state index in [-0.39, 0.29) is 11.5 Å². The minimum Gasteiger partial charge on any atom is -0.452 e. The lowest BCUT2D eigenvalue weighted by molar-refractivity contribution is -0.274. The van der Waals surface area contributed by atoms with Crippen LogP contribution in [0.1, 0.15) is 42.1 Å². The first-order valence-corrected chi connectivity index (χ1v) is 8.61. The summed E-state index contributed by atoms with van der Waals surface area (Å²) in [7, 11) is 0. The van der Waals surface area contributed by atoms with Gasteiger partial charge in [-0.15, -0.1) is 13.2 Å². The molecule has 28 heavy (non-hydrogen) atoms. The molecule has 0 heterocycles. The molecular weight excluding hydrogens is 375 g/mol. The van der Waals surface area contributed by atoms with E-state index in [2.05, 4.69) is 10.1 Å². The Balaban J connectivity index is 1.92. The number of nitrogens with one attached hydrogen (secondary N) is 1. The average Bonchev–Trinajstić information content (AvgIpc) is 2.65. The van der Waals surface area contributed by atoms with Crippen LogP contribution < -0.4 is 10.1 Å². The van der Waals surface area contributed by atoms with Crippen LogP contribution >= 0.6 is 0 Å². The SMILES string of the molecule is CC[C@@H](C)c1ccccc1NC(=O)COC(=O)c1ccc(OC(F)(F)F)cc1. The number of hydrogen-bond acceptors (Lipinski definition) is 4. The van der Waals surface area contributed by atoms with Crippen LogP contribution in [-0.2, 0) is 9.53 Å². The number of anilines is 1. The molecule has 0 fully saturated rings. The van der Waals surface area contributed by atoms with Gasteiger partial charge in [-0.1, -0.05) is 32.0 Å². The summed E-state index contributed by atoms with van der Waals surface area (Å²) in [5.74, 6) is -1.55. The third-order valence-corrected chi connectivity index (χ3v) is 4.04. The van der Waals surface area contributed by atoms with Gasteiger partial charge in [0, 0.05) is 5.69 Å². The zero-order valence-electron chi connectivity index (χ0n) is 15.4. The molecule has 0 radical (unpaired) electrons. The van der Waals surface area contributed by atoms with E-state index in [9.17, 15) is 22.8 Å². The Kier molecular flexibility index (Phi) is 7.03. The molecule has 2 aromatic rings. The first kappa shape index (κ1) is 21.3. The zero-order chi connectivity index (χ0) is 20.7. The van der Waals surface area contributed by atoms with E-state index in [0.717, 1.165) is 36.2 Å². The Bertz CT molecular complexity index is 819. The summed E-state index contributed by atoms with van der Waals surface area (Å²) in [5, 5.41) is 2.71. The molecule has 0 aromatic heterocycles. The van der Waals surface area contributed by atoms with Crippen LogP contribution in [0.4, 0.5) is 18.9 Å². The van der Waals surface area contributed by atoms with Crippen molar-refractivity contribution in [1.82, 2.24) is 0 Å². The van der Waals surface area contributed by atoms with Gasteiger partial charge in [0.2, 0.25) is 0 Å². The van der Waals surface area contributed by atoms with Crippen molar-refractivity contribution in [3.63, 3.8) is 0 Å². The topological polar surface area (TPSA) is 64.6 Å². The number of rotatable bonds is 7. The van der Waals surface area contributed by atoms with Crippen molar-refractivity contribution in [2.45, 2.75) is 32.5 Å². The minimum atomic E-state index is -4.81. The van der Waals surface area contributed by atoms with E-state index in [1.807, 2.05) is 26.0 Å². The van der Waals surface area contributed by atoms with E-state index in [4.69, 9.17) is 4.74 Å². The number of carbonyl (C=O) groups excluding carboxylic acids is 2. The molecule has 0 saturated heterocycles. The maximum absolute atomic E-state index is 12.1. The number of benzene rings is 2. The van der Waals surface area contributed by atoms with Gasteiger partial charge in [-0.3, -0.25) is 4.79 Å². The van der Waals surface area contributed by atoms with Crippen molar-refractivity contribution in [3.05, 3.63) is 59.7 Å². The molecule has 5 nitrogen and oxygen atoms in total. The van der Waals surface area contributed by atoms with E-state index in [1.54, 1.807) is 12.1 Å². The minimum absolute atomic E-state index is 0.00216. The number of hydrogen-bond donors (Lipinski definition) is 1. The van der Waals surface area contributed by atoms with Gasteiger partial charge in [0.25, 0.3) is 5.91 Å². The summed E-state index contributed by atoms with van der Waals surface area (Å²) in [5.41, 5.74) is 1.62. The second-order valence-electron chi connectivity index (χ2n) is 6.09. The Hall–Kier alpha value is -3.03. The summed E-state index contributed by atoms with van der Waals surface area (Å²) in [4.78, 5) is 24.0. The number of carbonyl (C=O) groups is 2. The highest BCUT2D eigenvalue weighted by molar-refractivity contribution is 5.96. The normalized spacial score (nSPS) is 12.2.